The SMILES string of the molecule is CCN(C(=O)[C@@H]1NC2(CCCCC2)[C@@]2(C(=O)Nc3cc(Cl)ccc32)[C@H]1c1cccc(Cl)c1F)C12CCC(C(=O)NCCCn3cnc(CNc4cccc5c4CN([C@@H]4CCC(=O)NC4=O)C5=O)c3)(CC1)CC2. The third-order valence-electron chi connectivity index (χ3n) is 17.7. The number of carbonyl (C=O) groups is 6. The summed E-state index contributed by atoms with van der Waals surface area (Å²) in [4.78, 5) is 90.4. The Bertz CT molecular complexity index is 2880. The van der Waals surface area contributed by atoms with Gasteiger partial charge in [-0.15, -0.1) is 0 Å². The van der Waals surface area contributed by atoms with Crippen LogP contribution in [0.1, 0.15) is 135 Å². The van der Waals surface area contributed by atoms with Crippen LogP contribution in [-0.2, 0) is 49.0 Å². The highest BCUT2D eigenvalue weighted by molar-refractivity contribution is 6.31. The largest absolute Gasteiger partial charge is 0.379 e. The summed E-state index contributed by atoms with van der Waals surface area (Å²) in [7, 11) is 0. The first kappa shape index (κ1) is 48.4. The molecule has 2 spiro atoms. The number of benzene rings is 3. The molecule has 378 valence electrons. The molecular weight excluding hydrogens is 961 g/mol. The van der Waals surface area contributed by atoms with E-state index < -0.39 is 51.6 Å². The normalized spacial score (nSPS) is 28.0. The number of aryl methyl sites for hydroxylation is 1. The summed E-state index contributed by atoms with van der Waals surface area (Å²) >= 11 is 13.0. The predicted octanol–water partition coefficient (Wildman–Crippen LogP) is 7.50. The molecule has 2 bridgehead atoms. The second-order valence-electron chi connectivity index (χ2n) is 21.2. The number of hydrogen-bond acceptors (Lipinski definition) is 9. The molecule has 72 heavy (non-hydrogen) atoms. The lowest BCUT2D eigenvalue weighted by molar-refractivity contribution is -0.153. The molecule has 1 aromatic heterocycles. The van der Waals surface area contributed by atoms with Crippen molar-refractivity contribution in [3.05, 3.63) is 111 Å². The number of rotatable bonds is 13. The van der Waals surface area contributed by atoms with Gasteiger partial charge in [-0.2, -0.15) is 0 Å². The number of nitrogens with zero attached hydrogens (tertiary/aromatic N) is 4. The van der Waals surface area contributed by atoms with Crippen LogP contribution in [0.4, 0.5) is 15.8 Å². The van der Waals surface area contributed by atoms with Crippen molar-refractivity contribution in [1.82, 2.24) is 35.3 Å². The minimum absolute atomic E-state index is 0.0480. The number of aromatic nitrogens is 2. The monoisotopic (exact) mass is 1020 g/mol. The maximum absolute atomic E-state index is 16.6. The maximum atomic E-state index is 16.6. The van der Waals surface area contributed by atoms with E-state index in [2.05, 4.69) is 31.6 Å². The molecule has 18 heteroatoms. The maximum Gasteiger partial charge on any atom is 0.255 e. The smallest absolute Gasteiger partial charge is 0.255 e. The fourth-order valence-electron chi connectivity index (χ4n) is 14.2. The van der Waals surface area contributed by atoms with Crippen molar-refractivity contribution in [2.75, 3.05) is 23.7 Å². The molecule has 4 aliphatic carbocycles. The number of imide groups is 1. The Morgan fingerprint density at radius 3 is 2.44 bits per heavy atom. The molecule has 3 aromatic carbocycles. The van der Waals surface area contributed by atoms with Gasteiger partial charge >= 0.3 is 0 Å². The third-order valence-corrected chi connectivity index (χ3v) is 18.3. The second-order valence-corrected chi connectivity index (χ2v) is 22.1. The topological polar surface area (TPSA) is 187 Å². The van der Waals surface area contributed by atoms with Crippen LogP contribution in [0.5, 0.6) is 0 Å². The number of carbonyl (C=O) groups excluding carboxylic acids is 6. The van der Waals surface area contributed by atoms with Gasteiger partial charge in [0.15, 0.2) is 0 Å². The summed E-state index contributed by atoms with van der Waals surface area (Å²) in [6, 6.07) is 14.1. The molecule has 4 aromatic rings. The van der Waals surface area contributed by atoms with Crippen LogP contribution in [0.2, 0.25) is 10.0 Å². The van der Waals surface area contributed by atoms with E-state index in [9.17, 15) is 24.0 Å². The van der Waals surface area contributed by atoms with Gasteiger partial charge in [0.25, 0.3) is 5.91 Å². The van der Waals surface area contributed by atoms with Crippen LogP contribution in [0.15, 0.2) is 67.1 Å². The summed E-state index contributed by atoms with van der Waals surface area (Å²) in [6.45, 7) is 4.23. The average Bonchev–Trinajstić information content (AvgIpc) is 4.13. The van der Waals surface area contributed by atoms with Crippen LogP contribution < -0.4 is 26.6 Å². The molecule has 5 N–H and O–H groups in total. The van der Waals surface area contributed by atoms with E-state index in [1.165, 1.54) is 11.0 Å². The number of nitrogens with one attached hydrogen (secondary N) is 5. The molecule has 4 aliphatic heterocycles. The first-order chi connectivity index (χ1) is 34.7. The van der Waals surface area contributed by atoms with Crippen LogP contribution >= 0.6 is 23.2 Å². The van der Waals surface area contributed by atoms with Crippen LogP contribution in [0.3, 0.4) is 0 Å². The zero-order valence-corrected chi connectivity index (χ0v) is 41.9. The molecule has 6 amide bonds. The van der Waals surface area contributed by atoms with E-state index in [0.29, 0.717) is 107 Å². The molecular formula is C54H60Cl2FN9O6. The molecule has 0 unspecified atom stereocenters. The van der Waals surface area contributed by atoms with Crippen LogP contribution in [-0.4, -0.2) is 91.0 Å². The zero-order valence-electron chi connectivity index (χ0n) is 40.4. The Morgan fingerprint density at radius 1 is 0.931 bits per heavy atom. The fourth-order valence-corrected chi connectivity index (χ4v) is 14.6. The number of hydrogen-bond donors (Lipinski definition) is 5. The molecule has 4 atom stereocenters. The predicted molar refractivity (Wildman–Crippen MR) is 269 cm³/mol. The quantitative estimate of drug-likeness (QED) is 0.0668. The summed E-state index contributed by atoms with van der Waals surface area (Å²) in [6.07, 6.45) is 12.8. The highest BCUT2D eigenvalue weighted by Gasteiger charge is 2.73. The molecule has 5 heterocycles. The van der Waals surface area contributed by atoms with Crippen LogP contribution in [0.25, 0.3) is 0 Å². The van der Waals surface area contributed by atoms with E-state index >= 15 is 9.18 Å². The van der Waals surface area contributed by atoms with Crippen molar-refractivity contribution in [3.63, 3.8) is 0 Å². The number of fused-ring (bicyclic) bond motifs is 7. The Kier molecular flexibility index (Phi) is 12.5. The Balaban J connectivity index is 0.730. The Morgan fingerprint density at radius 2 is 1.69 bits per heavy atom. The van der Waals surface area contributed by atoms with Gasteiger partial charge in [-0.1, -0.05) is 66.7 Å². The van der Waals surface area contributed by atoms with E-state index in [1.54, 1.807) is 36.7 Å². The Labute approximate surface area is 427 Å². The number of likely N-dealkylation sites (N-methyl/N-ethyl adjacent to an activating group) is 1. The van der Waals surface area contributed by atoms with E-state index in [1.807, 2.05) is 40.8 Å². The molecule has 8 aliphatic rings. The summed E-state index contributed by atoms with van der Waals surface area (Å²) < 4.78 is 18.6. The number of halogens is 3. The van der Waals surface area contributed by atoms with Gasteiger partial charge in [-0.05, 0) is 113 Å². The van der Waals surface area contributed by atoms with Gasteiger partial charge in [0.2, 0.25) is 29.5 Å². The van der Waals surface area contributed by atoms with Gasteiger partial charge < -0.3 is 30.3 Å². The van der Waals surface area contributed by atoms with Gasteiger partial charge in [-0.25, -0.2) is 9.37 Å². The second kappa shape index (κ2) is 18.6. The number of anilines is 2. The first-order valence-electron chi connectivity index (χ1n) is 25.7. The summed E-state index contributed by atoms with van der Waals surface area (Å²) in [5.74, 6) is -2.91. The molecule has 15 nitrogen and oxygen atoms in total. The lowest BCUT2D eigenvalue weighted by Gasteiger charge is -2.57. The zero-order chi connectivity index (χ0) is 50.2. The number of piperidine rings is 1. The fraction of sp³-hybridized carbons (Fsp3) is 0.500. The van der Waals surface area contributed by atoms with Gasteiger partial charge in [-0.3, -0.25) is 39.4 Å². The van der Waals surface area contributed by atoms with E-state index in [4.69, 9.17) is 23.2 Å². The Hall–Kier alpha value is -5.84. The minimum Gasteiger partial charge on any atom is -0.379 e. The lowest BCUT2D eigenvalue weighted by atomic mass is 9.55. The first-order valence-corrected chi connectivity index (χ1v) is 26.4. The molecule has 2 saturated heterocycles. The molecule has 4 saturated carbocycles. The summed E-state index contributed by atoms with van der Waals surface area (Å²) in [5, 5.41) is 16.4. The van der Waals surface area contributed by atoms with Gasteiger partial charge in [0, 0.05) is 88.7 Å². The summed E-state index contributed by atoms with van der Waals surface area (Å²) in [5.41, 5.74) is 1.29. The lowest BCUT2D eigenvalue weighted by Crippen LogP contribution is -2.64. The van der Waals surface area contributed by atoms with E-state index in [-0.39, 0.29) is 53.1 Å². The van der Waals surface area contributed by atoms with Crippen molar-refractivity contribution in [3.8, 4) is 0 Å². The van der Waals surface area contributed by atoms with Crippen molar-refractivity contribution >= 4 is 70.0 Å². The third kappa shape index (κ3) is 7.71. The van der Waals surface area contributed by atoms with E-state index in [0.717, 1.165) is 41.8 Å². The van der Waals surface area contributed by atoms with Crippen LogP contribution in [0, 0.1) is 11.2 Å². The van der Waals surface area contributed by atoms with Crippen molar-refractivity contribution in [2.24, 2.45) is 5.41 Å². The molecule has 12 rings (SSSR count). The average molecular weight is 1020 g/mol. The highest BCUT2D eigenvalue weighted by Crippen LogP contribution is 2.64. The van der Waals surface area contributed by atoms with Crippen molar-refractivity contribution in [2.45, 2.75) is 151 Å². The molecule has 0 radical (unpaired) electrons. The van der Waals surface area contributed by atoms with Gasteiger partial charge in [0.1, 0.15) is 17.3 Å². The van der Waals surface area contributed by atoms with Crippen molar-refractivity contribution in [1.29, 1.82) is 0 Å². The van der Waals surface area contributed by atoms with Gasteiger partial charge in [0.05, 0.1) is 29.6 Å². The highest BCUT2D eigenvalue weighted by atomic mass is 35.5. The molecule has 6 fully saturated rings. The van der Waals surface area contributed by atoms with Crippen molar-refractivity contribution < 1.29 is 33.2 Å². The standard InChI is InChI=1S/C54H60Cl2FN9O6/c1-2-66(48(70)45-43(35-10-6-11-38(56)44(35)57)54(53(63-45)17-4-3-5-18-53)37-14-13-32(55)27-40(37)61-50(54)72)52-22-19-51(20-23-52,21-24-52)49(71)58-25-8-26-64-29-33(60-31-64)28-59-39-12-7-9-34-36(39)30-65(47(34)69)41-15-16-42(67)62-46(41)68/h6-7,9-14,27,29,31,41,43,45,59,63H,2-5,8,15-26,28,30H2,1H3,(H,58,71)(H,61,72)(H,62,67,68)/t41-,43+,45-,51?,52?,54-/m1/s1. The number of imidazole rings is 1. The number of amides is 6. The minimum atomic E-state index is -1.32.